The average molecular weight is 259 g/mol. The molecule has 1 aliphatic rings. The molecule has 4 heteroatoms. The summed E-state index contributed by atoms with van der Waals surface area (Å²) >= 11 is 0. The van der Waals surface area contributed by atoms with E-state index < -0.39 is 0 Å². The molecular formula is C15H18FN3. The lowest BCUT2D eigenvalue weighted by Crippen LogP contribution is -2.36. The van der Waals surface area contributed by atoms with E-state index in [-0.39, 0.29) is 5.82 Å². The molecular weight excluding hydrogens is 241 g/mol. The van der Waals surface area contributed by atoms with Crippen LogP contribution in [-0.4, -0.2) is 16.0 Å². The summed E-state index contributed by atoms with van der Waals surface area (Å²) in [6.45, 7) is 4.96. The SMILES string of the molecule is Cc1ncc(CN2c3ccc(F)cc3CC[C@H]2C)[nH]1. The van der Waals surface area contributed by atoms with Crippen molar-refractivity contribution in [2.45, 2.75) is 39.3 Å². The summed E-state index contributed by atoms with van der Waals surface area (Å²) in [7, 11) is 0. The summed E-state index contributed by atoms with van der Waals surface area (Å²) in [5, 5.41) is 0. The number of benzene rings is 1. The van der Waals surface area contributed by atoms with Crippen LogP contribution in [-0.2, 0) is 13.0 Å². The number of aryl methyl sites for hydroxylation is 2. The quantitative estimate of drug-likeness (QED) is 0.898. The molecule has 2 aromatic rings. The number of nitrogens with zero attached hydrogens (tertiary/aromatic N) is 2. The third kappa shape index (κ3) is 2.35. The van der Waals surface area contributed by atoms with Gasteiger partial charge in [0.2, 0.25) is 0 Å². The van der Waals surface area contributed by atoms with Gasteiger partial charge in [0.1, 0.15) is 11.6 Å². The van der Waals surface area contributed by atoms with Crippen LogP contribution < -0.4 is 4.90 Å². The van der Waals surface area contributed by atoms with Gasteiger partial charge in [0, 0.05) is 11.7 Å². The van der Waals surface area contributed by atoms with E-state index >= 15 is 0 Å². The van der Waals surface area contributed by atoms with Crippen molar-refractivity contribution in [3.63, 3.8) is 0 Å². The van der Waals surface area contributed by atoms with Gasteiger partial charge in [-0.15, -0.1) is 0 Å². The molecule has 1 aliphatic heterocycles. The fourth-order valence-electron chi connectivity index (χ4n) is 2.77. The molecule has 0 aliphatic carbocycles. The van der Waals surface area contributed by atoms with Crippen molar-refractivity contribution in [1.29, 1.82) is 0 Å². The monoisotopic (exact) mass is 259 g/mol. The molecule has 3 rings (SSSR count). The van der Waals surface area contributed by atoms with Crippen LogP contribution in [0.25, 0.3) is 0 Å². The average Bonchev–Trinajstić information content (AvgIpc) is 2.78. The molecule has 0 saturated carbocycles. The Labute approximate surface area is 112 Å². The number of H-pyrrole nitrogens is 1. The zero-order valence-electron chi connectivity index (χ0n) is 11.3. The minimum absolute atomic E-state index is 0.148. The Hall–Kier alpha value is -1.84. The van der Waals surface area contributed by atoms with Gasteiger partial charge >= 0.3 is 0 Å². The van der Waals surface area contributed by atoms with Crippen LogP contribution in [0.4, 0.5) is 10.1 Å². The fourth-order valence-corrected chi connectivity index (χ4v) is 2.77. The maximum Gasteiger partial charge on any atom is 0.123 e. The van der Waals surface area contributed by atoms with E-state index in [0.717, 1.165) is 42.2 Å². The summed E-state index contributed by atoms with van der Waals surface area (Å²) in [4.78, 5) is 9.82. The third-order valence-corrected chi connectivity index (χ3v) is 3.81. The molecule has 1 atom stereocenters. The second-order valence-electron chi connectivity index (χ2n) is 5.28. The lowest BCUT2D eigenvalue weighted by atomic mass is 9.96. The standard InChI is InChI=1S/C15H18FN3/c1-10-3-4-12-7-13(16)5-6-15(12)19(10)9-14-8-17-11(2)18-14/h5-8,10H,3-4,9H2,1-2H3,(H,17,18)/t10-/m1/s1. The molecule has 1 aromatic carbocycles. The number of hydrogen-bond donors (Lipinski definition) is 1. The largest absolute Gasteiger partial charge is 0.363 e. The highest BCUT2D eigenvalue weighted by molar-refractivity contribution is 5.56. The van der Waals surface area contributed by atoms with Crippen LogP contribution in [0.15, 0.2) is 24.4 Å². The Morgan fingerprint density at radius 3 is 3.05 bits per heavy atom. The predicted molar refractivity (Wildman–Crippen MR) is 73.7 cm³/mol. The first-order chi connectivity index (χ1) is 9.13. The number of rotatable bonds is 2. The van der Waals surface area contributed by atoms with Gasteiger partial charge in [-0.2, -0.15) is 0 Å². The molecule has 2 heterocycles. The smallest absolute Gasteiger partial charge is 0.123 e. The molecule has 0 saturated heterocycles. The zero-order chi connectivity index (χ0) is 13.4. The van der Waals surface area contributed by atoms with E-state index in [1.54, 1.807) is 12.1 Å². The van der Waals surface area contributed by atoms with Crippen LogP contribution in [0, 0.1) is 12.7 Å². The van der Waals surface area contributed by atoms with Crippen molar-refractivity contribution in [2.75, 3.05) is 4.90 Å². The maximum absolute atomic E-state index is 13.3. The molecule has 19 heavy (non-hydrogen) atoms. The predicted octanol–water partition coefficient (Wildman–Crippen LogP) is 3.20. The summed E-state index contributed by atoms with van der Waals surface area (Å²) in [6.07, 6.45) is 3.89. The van der Waals surface area contributed by atoms with E-state index in [2.05, 4.69) is 21.8 Å². The topological polar surface area (TPSA) is 31.9 Å². The Kier molecular flexibility index (Phi) is 3.01. The molecule has 0 radical (unpaired) electrons. The van der Waals surface area contributed by atoms with E-state index in [9.17, 15) is 4.39 Å². The van der Waals surface area contributed by atoms with Crippen LogP contribution >= 0.6 is 0 Å². The highest BCUT2D eigenvalue weighted by Gasteiger charge is 2.23. The van der Waals surface area contributed by atoms with Gasteiger partial charge in [0.15, 0.2) is 0 Å². The summed E-state index contributed by atoms with van der Waals surface area (Å²) < 4.78 is 13.3. The molecule has 1 aromatic heterocycles. The highest BCUT2D eigenvalue weighted by Crippen LogP contribution is 2.32. The Morgan fingerprint density at radius 1 is 1.47 bits per heavy atom. The van der Waals surface area contributed by atoms with Crippen molar-refractivity contribution in [2.24, 2.45) is 0 Å². The van der Waals surface area contributed by atoms with E-state index in [0.29, 0.717) is 6.04 Å². The number of nitrogens with one attached hydrogen (secondary N) is 1. The van der Waals surface area contributed by atoms with Crippen molar-refractivity contribution < 1.29 is 4.39 Å². The van der Waals surface area contributed by atoms with Crippen LogP contribution in [0.3, 0.4) is 0 Å². The molecule has 0 spiro atoms. The van der Waals surface area contributed by atoms with Crippen molar-refractivity contribution in [1.82, 2.24) is 9.97 Å². The molecule has 0 bridgehead atoms. The minimum atomic E-state index is -0.148. The lowest BCUT2D eigenvalue weighted by molar-refractivity contribution is 0.551. The summed E-state index contributed by atoms with van der Waals surface area (Å²) in [5.41, 5.74) is 3.35. The number of aromatic amines is 1. The minimum Gasteiger partial charge on any atom is -0.363 e. The van der Waals surface area contributed by atoms with E-state index in [4.69, 9.17) is 0 Å². The Bertz CT molecular complexity index is 591. The Balaban J connectivity index is 1.92. The maximum atomic E-state index is 13.3. The molecule has 1 N–H and O–H groups in total. The first kappa shape index (κ1) is 12.2. The van der Waals surface area contributed by atoms with Crippen LogP contribution in [0.5, 0.6) is 0 Å². The van der Waals surface area contributed by atoms with Crippen molar-refractivity contribution >= 4 is 5.69 Å². The van der Waals surface area contributed by atoms with Crippen molar-refractivity contribution in [3.05, 3.63) is 47.3 Å². The number of fused-ring (bicyclic) bond motifs is 1. The number of hydrogen-bond acceptors (Lipinski definition) is 2. The van der Waals surface area contributed by atoms with Gasteiger partial charge in [-0.05, 0) is 50.5 Å². The number of anilines is 1. The van der Waals surface area contributed by atoms with Gasteiger partial charge in [0.05, 0.1) is 18.4 Å². The molecule has 0 amide bonds. The number of aromatic nitrogens is 2. The molecule has 100 valence electrons. The second kappa shape index (κ2) is 4.68. The molecule has 0 unspecified atom stereocenters. The lowest BCUT2D eigenvalue weighted by Gasteiger charge is -2.36. The van der Waals surface area contributed by atoms with Crippen molar-refractivity contribution in [3.8, 4) is 0 Å². The number of imidazole rings is 1. The first-order valence-corrected chi connectivity index (χ1v) is 6.69. The van der Waals surface area contributed by atoms with Gasteiger partial charge < -0.3 is 9.88 Å². The highest BCUT2D eigenvalue weighted by atomic mass is 19.1. The first-order valence-electron chi connectivity index (χ1n) is 6.69. The Morgan fingerprint density at radius 2 is 2.32 bits per heavy atom. The summed E-state index contributed by atoms with van der Waals surface area (Å²) in [6, 6.07) is 5.56. The summed E-state index contributed by atoms with van der Waals surface area (Å²) in [5.74, 6) is 0.782. The fraction of sp³-hybridized carbons (Fsp3) is 0.400. The number of halogens is 1. The third-order valence-electron chi connectivity index (χ3n) is 3.81. The van der Waals surface area contributed by atoms with Gasteiger partial charge in [0.25, 0.3) is 0 Å². The van der Waals surface area contributed by atoms with Gasteiger partial charge in [-0.25, -0.2) is 9.37 Å². The second-order valence-corrected chi connectivity index (χ2v) is 5.28. The zero-order valence-corrected chi connectivity index (χ0v) is 11.3. The van der Waals surface area contributed by atoms with E-state index in [1.807, 2.05) is 19.2 Å². The van der Waals surface area contributed by atoms with Crippen LogP contribution in [0.2, 0.25) is 0 Å². The normalized spacial score (nSPS) is 18.5. The van der Waals surface area contributed by atoms with Gasteiger partial charge in [-0.3, -0.25) is 0 Å². The molecule has 3 nitrogen and oxygen atoms in total. The van der Waals surface area contributed by atoms with E-state index in [1.165, 1.54) is 0 Å². The van der Waals surface area contributed by atoms with Gasteiger partial charge in [-0.1, -0.05) is 0 Å². The van der Waals surface area contributed by atoms with Crippen LogP contribution in [0.1, 0.15) is 30.4 Å². The molecule has 0 fully saturated rings.